The van der Waals surface area contributed by atoms with Crippen molar-refractivity contribution in [1.29, 1.82) is 0 Å². The minimum atomic E-state index is -0.735. The van der Waals surface area contributed by atoms with E-state index in [0.29, 0.717) is 17.0 Å². The van der Waals surface area contributed by atoms with Crippen LogP contribution >= 0.6 is 11.6 Å². The summed E-state index contributed by atoms with van der Waals surface area (Å²) in [7, 11) is 2.90. The van der Waals surface area contributed by atoms with Crippen LogP contribution in [0.5, 0.6) is 11.5 Å². The van der Waals surface area contributed by atoms with Gasteiger partial charge in [0.05, 0.1) is 42.4 Å². The van der Waals surface area contributed by atoms with Crippen molar-refractivity contribution in [2.24, 2.45) is 0 Å². The average molecular weight is 576 g/mol. The van der Waals surface area contributed by atoms with Crippen LogP contribution in [0.15, 0.2) is 70.3 Å². The Morgan fingerprint density at radius 2 is 1.68 bits per heavy atom. The van der Waals surface area contributed by atoms with E-state index in [9.17, 15) is 19.2 Å². The zero-order valence-electron chi connectivity index (χ0n) is 22.8. The maximum Gasteiger partial charge on any atom is 0.332 e. The van der Waals surface area contributed by atoms with Crippen molar-refractivity contribution in [3.05, 3.63) is 97.7 Å². The van der Waals surface area contributed by atoms with E-state index in [-0.39, 0.29) is 40.8 Å². The number of ketones is 1. The van der Waals surface area contributed by atoms with Gasteiger partial charge in [-0.25, -0.2) is 4.79 Å². The lowest BCUT2D eigenvalue weighted by Gasteiger charge is -2.25. The van der Waals surface area contributed by atoms with Crippen LogP contribution in [-0.2, 0) is 29.1 Å². The molecular formula is C31H30ClN3O6. The number of para-hydroxylation sites is 1. The average Bonchev–Trinajstić information content (AvgIpc) is 2.98. The van der Waals surface area contributed by atoms with Crippen LogP contribution in [0.1, 0.15) is 36.3 Å². The highest BCUT2D eigenvalue weighted by Gasteiger charge is 2.24. The highest BCUT2D eigenvalue weighted by Crippen LogP contribution is 2.36. The number of benzene rings is 3. The van der Waals surface area contributed by atoms with Gasteiger partial charge in [0.2, 0.25) is 5.91 Å². The number of methoxy groups -OCH3 is 2. The lowest BCUT2D eigenvalue weighted by molar-refractivity contribution is -0.120. The number of nitrogens with zero attached hydrogens (tertiary/aromatic N) is 2. The predicted molar refractivity (Wildman–Crippen MR) is 157 cm³/mol. The molecule has 0 aliphatic heterocycles. The van der Waals surface area contributed by atoms with E-state index in [0.717, 1.165) is 29.4 Å². The summed E-state index contributed by atoms with van der Waals surface area (Å²) in [6.07, 6.45) is 3.07. The van der Waals surface area contributed by atoms with Gasteiger partial charge in [0.1, 0.15) is 18.0 Å². The van der Waals surface area contributed by atoms with Gasteiger partial charge in [-0.3, -0.25) is 23.5 Å². The first-order valence-electron chi connectivity index (χ1n) is 13.3. The monoisotopic (exact) mass is 575 g/mol. The van der Waals surface area contributed by atoms with E-state index in [4.69, 9.17) is 21.1 Å². The molecule has 1 aliphatic carbocycles. The Hall–Kier alpha value is -4.37. The van der Waals surface area contributed by atoms with E-state index >= 15 is 0 Å². The Morgan fingerprint density at radius 3 is 2.46 bits per heavy atom. The Kier molecular flexibility index (Phi) is 8.26. The van der Waals surface area contributed by atoms with Crippen LogP contribution in [0.25, 0.3) is 10.9 Å². The van der Waals surface area contributed by atoms with Crippen LogP contribution in [-0.4, -0.2) is 35.0 Å². The molecule has 4 aromatic rings. The molecule has 0 saturated heterocycles. The first kappa shape index (κ1) is 28.2. The van der Waals surface area contributed by atoms with Crippen molar-refractivity contribution in [2.75, 3.05) is 19.5 Å². The third-order valence-corrected chi connectivity index (χ3v) is 7.78. The third-order valence-electron chi connectivity index (χ3n) is 7.48. The molecule has 0 fully saturated rings. The van der Waals surface area contributed by atoms with Crippen molar-refractivity contribution < 1.29 is 19.1 Å². The molecule has 0 spiro atoms. The molecule has 1 N–H and O–H groups in total. The number of rotatable bonds is 9. The first-order chi connectivity index (χ1) is 19.8. The number of Topliss-reactive ketones (excluding diaryl/α,β-unsaturated/α-hetero) is 1. The van der Waals surface area contributed by atoms with Crippen molar-refractivity contribution in [3.8, 4) is 11.5 Å². The van der Waals surface area contributed by atoms with Gasteiger partial charge in [0.15, 0.2) is 5.78 Å². The molecule has 1 heterocycles. The molecular weight excluding hydrogens is 546 g/mol. The lowest BCUT2D eigenvalue weighted by atomic mass is 9.80. The number of aryl methyl sites for hydroxylation is 1. The molecule has 1 aliphatic rings. The zero-order chi connectivity index (χ0) is 29.1. The SMILES string of the molecule is COc1cc(OC)c(NC(=O)Cn2c(=O)n(CC(=O)CC3CCCc4ccccc43)c(=O)c3ccccc32)cc1Cl. The molecule has 0 saturated carbocycles. The Balaban J connectivity index is 1.43. The van der Waals surface area contributed by atoms with Gasteiger partial charge in [-0.15, -0.1) is 0 Å². The number of carbonyl (C=O) groups excluding carboxylic acids is 2. The van der Waals surface area contributed by atoms with E-state index < -0.39 is 23.7 Å². The summed E-state index contributed by atoms with van der Waals surface area (Å²) in [5, 5.41) is 3.21. The lowest BCUT2D eigenvalue weighted by Crippen LogP contribution is -2.43. The second-order valence-electron chi connectivity index (χ2n) is 10.0. The third kappa shape index (κ3) is 5.76. The van der Waals surface area contributed by atoms with Crippen molar-refractivity contribution in [1.82, 2.24) is 9.13 Å². The number of hydrogen-bond donors (Lipinski definition) is 1. The van der Waals surface area contributed by atoms with Gasteiger partial charge in [0.25, 0.3) is 5.56 Å². The zero-order valence-corrected chi connectivity index (χ0v) is 23.6. The molecule has 10 heteroatoms. The number of carbonyl (C=O) groups is 2. The van der Waals surface area contributed by atoms with Crippen LogP contribution in [0.3, 0.4) is 0 Å². The van der Waals surface area contributed by atoms with E-state index in [2.05, 4.69) is 11.4 Å². The smallest absolute Gasteiger partial charge is 0.332 e. The van der Waals surface area contributed by atoms with E-state index in [1.165, 1.54) is 36.5 Å². The summed E-state index contributed by atoms with van der Waals surface area (Å²) in [4.78, 5) is 53.3. The second-order valence-corrected chi connectivity index (χ2v) is 10.5. The number of ether oxygens (including phenoxy) is 2. The van der Waals surface area contributed by atoms with E-state index in [1.54, 1.807) is 24.3 Å². The van der Waals surface area contributed by atoms with Crippen LogP contribution in [0.4, 0.5) is 5.69 Å². The topological polar surface area (TPSA) is 109 Å². The van der Waals surface area contributed by atoms with Crippen molar-refractivity contribution >= 4 is 39.9 Å². The highest BCUT2D eigenvalue weighted by atomic mass is 35.5. The van der Waals surface area contributed by atoms with Gasteiger partial charge in [-0.2, -0.15) is 0 Å². The summed E-state index contributed by atoms with van der Waals surface area (Å²) in [5.41, 5.74) is 1.67. The molecule has 9 nitrogen and oxygen atoms in total. The molecule has 1 atom stereocenters. The quantitative estimate of drug-likeness (QED) is 0.314. The van der Waals surface area contributed by atoms with E-state index in [1.807, 2.05) is 18.2 Å². The molecule has 212 valence electrons. The molecule has 5 rings (SSSR count). The van der Waals surface area contributed by atoms with Gasteiger partial charge in [-0.05, 0) is 54.5 Å². The minimum Gasteiger partial charge on any atom is -0.495 e. The predicted octanol–water partition coefficient (Wildman–Crippen LogP) is 4.55. The van der Waals surface area contributed by atoms with Crippen LogP contribution in [0, 0.1) is 0 Å². The van der Waals surface area contributed by atoms with Crippen LogP contribution in [0.2, 0.25) is 5.02 Å². The molecule has 1 aromatic heterocycles. The molecule has 1 amide bonds. The number of nitrogens with one attached hydrogen (secondary N) is 1. The standard InChI is InChI=1S/C31H30ClN3O6/c1-40-27-16-28(41-2)25(15-24(27)32)33-29(37)18-34-26-13-6-5-12-23(26)30(38)35(31(34)39)17-21(36)14-20-10-7-9-19-8-3-4-11-22(19)20/h3-6,8,11-13,15-16,20H,7,9-10,14,17-18H2,1-2H3,(H,33,37). The summed E-state index contributed by atoms with van der Waals surface area (Å²) in [6, 6.07) is 17.6. The molecule has 3 aromatic carbocycles. The maximum atomic E-state index is 13.6. The Morgan fingerprint density at radius 1 is 0.951 bits per heavy atom. The molecule has 0 radical (unpaired) electrons. The highest BCUT2D eigenvalue weighted by molar-refractivity contribution is 6.32. The number of hydrogen-bond acceptors (Lipinski definition) is 6. The van der Waals surface area contributed by atoms with Gasteiger partial charge in [-0.1, -0.05) is 48.0 Å². The summed E-state index contributed by atoms with van der Waals surface area (Å²) in [5.74, 6) is -0.0290. The fourth-order valence-electron chi connectivity index (χ4n) is 5.54. The minimum absolute atomic E-state index is 0.0444. The number of anilines is 1. The van der Waals surface area contributed by atoms with Crippen molar-refractivity contribution in [2.45, 2.75) is 44.7 Å². The second kappa shape index (κ2) is 12.0. The number of amides is 1. The Labute approximate surface area is 241 Å². The largest absolute Gasteiger partial charge is 0.495 e. The normalized spacial score (nSPS) is 14.4. The number of aromatic nitrogens is 2. The summed E-state index contributed by atoms with van der Waals surface area (Å²) >= 11 is 6.23. The summed E-state index contributed by atoms with van der Waals surface area (Å²) < 4.78 is 12.7. The van der Waals surface area contributed by atoms with Gasteiger partial charge < -0.3 is 14.8 Å². The first-order valence-corrected chi connectivity index (χ1v) is 13.7. The number of fused-ring (bicyclic) bond motifs is 2. The fraction of sp³-hybridized carbons (Fsp3) is 0.290. The van der Waals surface area contributed by atoms with Gasteiger partial charge in [0, 0.05) is 12.5 Å². The fourth-order valence-corrected chi connectivity index (χ4v) is 5.78. The Bertz CT molecular complexity index is 1760. The van der Waals surface area contributed by atoms with Crippen molar-refractivity contribution in [3.63, 3.8) is 0 Å². The summed E-state index contributed by atoms with van der Waals surface area (Å²) in [6.45, 7) is -0.776. The maximum absolute atomic E-state index is 13.6. The molecule has 0 bridgehead atoms. The van der Waals surface area contributed by atoms with Crippen LogP contribution < -0.4 is 26.0 Å². The van der Waals surface area contributed by atoms with Gasteiger partial charge >= 0.3 is 5.69 Å². The molecule has 41 heavy (non-hydrogen) atoms. The number of halogens is 1. The molecule has 1 unspecified atom stereocenters.